The van der Waals surface area contributed by atoms with Crippen LogP contribution >= 0.6 is 11.3 Å². The Hall–Kier alpha value is -2.51. The highest BCUT2D eigenvalue weighted by molar-refractivity contribution is 7.09. The van der Waals surface area contributed by atoms with E-state index in [2.05, 4.69) is 15.6 Å². The molecule has 7 heteroatoms. The maximum absolute atomic E-state index is 13.0. The lowest BCUT2D eigenvalue weighted by molar-refractivity contribution is -0.123. The number of rotatable bonds is 10. The van der Waals surface area contributed by atoms with Gasteiger partial charge >= 0.3 is 0 Å². The predicted octanol–water partition coefficient (Wildman–Crippen LogP) is 3.97. The fourth-order valence-corrected chi connectivity index (χ4v) is 3.97. The molecule has 0 saturated heterocycles. The third kappa shape index (κ3) is 5.52. The van der Waals surface area contributed by atoms with Crippen LogP contribution in [0.15, 0.2) is 46.2 Å². The number of ketones is 1. The Morgan fingerprint density at radius 3 is 2.59 bits per heavy atom. The molecule has 0 saturated carbocycles. The molecule has 2 N–H and O–H groups in total. The van der Waals surface area contributed by atoms with E-state index in [0.717, 1.165) is 11.3 Å². The van der Waals surface area contributed by atoms with Gasteiger partial charge in [0.25, 0.3) is 5.89 Å². The van der Waals surface area contributed by atoms with Gasteiger partial charge in [-0.15, -0.1) is 11.3 Å². The molecule has 29 heavy (non-hydrogen) atoms. The number of nitrogens with one attached hydrogen (secondary N) is 2. The number of amides is 1. The van der Waals surface area contributed by atoms with Crippen LogP contribution < -0.4 is 10.6 Å². The molecule has 0 fully saturated rings. The highest BCUT2D eigenvalue weighted by atomic mass is 32.1. The van der Waals surface area contributed by atoms with Crippen molar-refractivity contribution in [2.45, 2.75) is 58.2 Å². The van der Waals surface area contributed by atoms with Crippen LogP contribution in [0.25, 0.3) is 11.1 Å². The van der Waals surface area contributed by atoms with Crippen molar-refractivity contribution in [3.05, 3.63) is 52.5 Å². The Labute approximate surface area is 174 Å². The summed E-state index contributed by atoms with van der Waals surface area (Å²) >= 11 is 1.62. The molecule has 0 spiro atoms. The minimum absolute atomic E-state index is 0.0385. The number of carbonyl (C=O) groups is 2. The normalized spacial score (nSPS) is 13.5. The SMILES string of the molecule is CCC[C@H](NC(=O)C(Cc1cccs1)NC(C)C)C(=O)c1nc2ccccc2o1. The Balaban J connectivity index is 1.76. The quantitative estimate of drug-likeness (QED) is 0.492. The van der Waals surface area contributed by atoms with Crippen molar-refractivity contribution in [1.82, 2.24) is 15.6 Å². The van der Waals surface area contributed by atoms with Crippen molar-refractivity contribution in [2.75, 3.05) is 0 Å². The van der Waals surface area contributed by atoms with Crippen molar-refractivity contribution >= 4 is 34.1 Å². The number of Topliss-reactive ketones (excluding diaryl/α,β-unsaturated/α-hetero) is 1. The van der Waals surface area contributed by atoms with Gasteiger partial charge in [-0.05, 0) is 30.0 Å². The number of fused-ring (bicyclic) bond motifs is 1. The summed E-state index contributed by atoms with van der Waals surface area (Å²) in [6.45, 7) is 5.98. The standard InChI is InChI=1S/C22H27N3O3S/c1-4-8-17(20(26)22-25-16-10-5-6-11-19(16)28-22)24-21(27)18(23-14(2)3)13-15-9-7-12-29-15/h5-7,9-12,14,17-18,23H,4,8,13H2,1-3H3,(H,24,27)/t17-,18?/m0/s1. The number of aromatic nitrogens is 1. The summed E-state index contributed by atoms with van der Waals surface area (Å²) in [4.78, 5) is 31.5. The number of nitrogens with zero attached hydrogens (tertiary/aromatic N) is 1. The molecule has 1 unspecified atom stereocenters. The second-order valence-corrected chi connectivity index (χ2v) is 8.39. The van der Waals surface area contributed by atoms with Gasteiger partial charge in [0.2, 0.25) is 11.7 Å². The summed E-state index contributed by atoms with van der Waals surface area (Å²) in [5.41, 5.74) is 1.20. The molecule has 1 aromatic carbocycles. The van der Waals surface area contributed by atoms with Crippen molar-refractivity contribution in [1.29, 1.82) is 0 Å². The van der Waals surface area contributed by atoms with Gasteiger partial charge in [-0.2, -0.15) is 0 Å². The third-order valence-electron chi connectivity index (χ3n) is 4.55. The summed E-state index contributed by atoms with van der Waals surface area (Å²) in [6.07, 6.45) is 1.86. The van der Waals surface area contributed by atoms with Crippen molar-refractivity contribution in [2.24, 2.45) is 0 Å². The fourth-order valence-electron chi connectivity index (χ4n) is 3.22. The molecule has 2 heterocycles. The van der Waals surface area contributed by atoms with Crippen LogP contribution in [0.4, 0.5) is 0 Å². The Bertz CT molecular complexity index is 916. The first-order valence-corrected chi connectivity index (χ1v) is 10.8. The largest absolute Gasteiger partial charge is 0.434 e. The van der Waals surface area contributed by atoms with Gasteiger partial charge in [0.15, 0.2) is 5.58 Å². The summed E-state index contributed by atoms with van der Waals surface area (Å²) in [6, 6.07) is 10.3. The molecule has 0 aliphatic carbocycles. The lowest BCUT2D eigenvalue weighted by atomic mass is 10.0. The van der Waals surface area contributed by atoms with Gasteiger partial charge in [-0.1, -0.05) is 45.4 Å². The zero-order valence-corrected chi connectivity index (χ0v) is 17.8. The van der Waals surface area contributed by atoms with Gasteiger partial charge < -0.3 is 15.1 Å². The Morgan fingerprint density at radius 1 is 1.14 bits per heavy atom. The van der Waals surface area contributed by atoms with Gasteiger partial charge in [-0.3, -0.25) is 9.59 Å². The molecule has 2 atom stereocenters. The highest BCUT2D eigenvalue weighted by Gasteiger charge is 2.29. The lowest BCUT2D eigenvalue weighted by Gasteiger charge is -2.23. The van der Waals surface area contributed by atoms with E-state index in [1.807, 2.05) is 50.4 Å². The molecule has 154 valence electrons. The zero-order chi connectivity index (χ0) is 20.8. The average molecular weight is 414 g/mol. The van der Waals surface area contributed by atoms with E-state index in [9.17, 15) is 9.59 Å². The molecule has 0 aliphatic heterocycles. The van der Waals surface area contributed by atoms with Gasteiger partial charge in [0.1, 0.15) is 5.52 Å². The smallest absolute Gasteiger partial charge is 0.266 e. The van der Waals surface area contributed by atoms with Crippen molar-refractivity contribution in [3.63, 3.8) is 0 Å². The topological polar surface area (TPSA) is 84.2 Å². The molecular formula is C22H27N3O3S. The molecule has 3 rings (SSSR count). The number of hydrogen-bond acceptors (Lipinski definition) is 6. The van der Waals surface area contributed by atoms with E-state index in [4.69, 9.17) is 4.42 Å². The Kier molecular flexibility index (Phi) is 7.17. The number of oxazole rings is 1. The van der Waals surface area contributed by atoms with Crippen LogP contribution in [-0.2, 0) is 11.2 Å². The molecular weight excluding hydrogens is 386 g/mol. The molecule has 0 aliphatic rings. The summed E-state index contributed by atoms with van der Waals surface area (Å²) < 4.78 is 5.62. The van der Waals surface area contributed by atoms with E-state index in [1.54, 1.807) is 23.5 Å². The van der Waals surface area contributed by atoms with E-state index >= 15 is 0 Å². The van der Waals surface area contributed by atoms with E-state index in [1.165, 1.54) is 0 Å². The molecule has 3 aromatic rings. The third-order valence-corrected chi connectivity index (χ3v) is 5.45. The average Bonchev–Trinajstić information content (AvgIpc) is 3.35. The molecule has 2 aromatic heterocycles. The Morgan fingerprint density at radius 2 is 1.93 bits per heavy atom. The predicted molar refractivity (Wildman–Crippen MR) is 115 cm³/mol. The fraction of sp³-hybridized carbons (Fsp3) is 0.409. The summed E-state index contributed by atoms with van der Waals surface area (Å²) in [7, 11) is 0. The number of thiophene rings is 1. The molecule has 1 amide bonds. The number of carbonyl (C=O) groups excluding carboxylic acids is 2. The number of hydrogen-bond donors (Lipinski definition) is 2. The van der Waals surface area contributed by atoms with Crippen LogP contribution in [0.2, 0.25) is 0 Å². The maximum atomic E-state index is 13.0. The number of para-hydroxylation sites is 2. The number of benzene rings is 1. The molecule has 6 nitrogen and oxygen atoms in total. The monoisotopic (exact) mass is 413 g/mol. The lowest BCUT2D eigenvalue weighted by Crippen LogP contribution is -2.52. The van der Waals surface area contributed by atoms with Crippen LogP contribution in [0.1, 0.15) is 49.2 Å². The molecule has 0 bridgehead atoms. The first-order chi connectivity index (χ1) is 14.0. The maximum Gasteiger partial charge on any atom is 0.266 e. The first-order valence-electron chi connectivity index (χ1n) is 9.96. The first kappa shape index (κ1) is 21.2. The van der Waals surface area contributed by atoms with Crippen LogP contribution in [0.3, 0.4) is 0 Å². The van der Waals surface area contributed by atoms with E-state index in [0.29, 0.717) is 23.9 Å². The summed E-state index contributed by atoms with van der Waals surface area (Å²) in [5.74, 6) is -0.442. The van der Waals surface area contributed by atoms with E-state index < -0.39 is 12.1 Å². The van der Waals surface area contributed by atoms with E-state index in [-0.39, 0.29) is 23.6 Å². The van der Waals surface area contributed by atoms with Gasteiger partial charge in [0.05, 0.1) is 12.1 Å². The van der Waals surface area contributed by atoms with Crippen LogP contribution in [-0.4, -0.2) is 34.8 Å². The van der Waals surface area contributed by atoms with Gasteiger partial charge in [-0.25, -0.2) is 4.98 Å². The summed E-state index contributed by atoms with van der Waals surface area (Å²) in [5, 5.41) is 8.24. The van der Waals surface area contributed by atoms with Crippen LogP contribution in [0, 0.1) is 0 Å². The minimum atomic E-state index is -0.666. The zero-order valence-electron chi connectivity index (χ0n) is 17.0. The highest BCUT2D eigenvalue weighted by Crippen LogP contribution is 2.17. The second-order valence-electron chi connectivity index (χ2n) is 7.36. The molecule has 0 radical (unpaired) electrons. The second kappa shape index (κ2) is 9.80. The van der Waals surface area contributed by atoms with Crippen molar-refractivity contribution < 1.29 is 14.0 Å². The van der Waals surface area contributed by atoms with Crippen LogP contribution in [0.5, 0.6) is 0 Å². The minimum Gasteiger partial charge on any atom is -0.434 e. The van der Waals surface area contributed by atoms with Crippen molar-refractivity contribution in [3.8, 4) is 0 Å². The van der Waals surface area contributed by atoms with Gasteiger partial charge in [0, 0.05) is 17.3 Å².